The molecule has 13 heavy (non-hydrogen) atoms. The highest BCUT2D eigenvalue weighted by Crippen LogP contribution is 2.08. The highest BCUT2D eigenvalue weighted by atomic mass is 15.3. The molecule has 0 aromatic carbocycles. The lowest BCUT2D eigenvalue weighted by Gasteiger charge is -2.00. The molecule has 0 bridgehead atoms. The molecule has 0 amide bonds. The van der Waals surface area contributed by atoms with Crippen LogP contribution in [0.2, 0.25) is 0 Å². The smallest absolute Gasteiger partial charge is 0.0537 e. The molecule has 0 radical (unpaired) electrons. The first-order chi connectivity index (χ1) is 6.24. The lowest BCUT2D eigenvalue weighted by Crippen LogP contribution is -2.03. The summed E-state index contributed by atoms with van der Waals surface area (Å²) in [5.41, 5.74) is 6.85. The summed E-state index contributed by atoms with van der Waals surface area (Å²) in [6, 6.07) is 0.0972. The van der Waals surface area contributed by atoms with Crippen LogP contribution in [0.4, 0.5) is 0 Å². The second-order valence-electron chi connectivity index (χ2n) is 3.53. The number of aryl methyl sites for hydroxylation is 1. The predicted molar refractivity (Wildman–Crippen MR) is 54.4 cm³/mol. The number of nitrogens with zero attached hydrogens (tertiary/aromatic N) is 2. The van der Waals surface area contributed by atoms with Crippen LogP contribution in [0.5, 0.6) is 0 Å². The third-order valence-corrected chi connectivity index (χ3v) is 2.17. The van der Waals surface area contributed by atoms with E-state index in [1.165, 1.54) is 19.3 Å². The molecular weight excluding hydrogens is 162 g/mol. The van der Waals surface area contributed by atoms with Crippen LogP contribution in [0, 0.1) is 0 Å². The molecule has 74 valence electrons. The van der Waals surface area contributed by atoms with Crippen LogP contribution >= 0.6 is 0 Å². The van der Waals surface area contributed by atoms with Gasteiger partial charge in [0.15, 0.2) is 0 Å². The second kappa shape index (κ2) is 5.02. The van der Waals surface area contributed by atoms with Gasteiger partial charge in [0.2, 0.25) is 0 Å². The van der Waals surface area contributed by atoms with Crippen LogP contribution in [-0.2, 0) is 6.54 Å². The monoisotopic (exact) mass is 181 g/mol. The molecule has 1 atom stereocenters. The molecule has 0 aliphatic heterocycles. The maximum absolute atomic E-state index is 5.73. The standard InChI is InChI=1S/C10H19N3/c1-3-4-5-6-13-8-10(7-12-13)9(2)11/h7-9H,3-6,11H2,1-2H3. The van der Waals surface area contributed by atoms with Gasteiger partial charge in [-0.15, -0.1) is 0 Å². The number of unbranched alkanes of at least 4 members (excludes halogenated alkanes) is 2. The predicted octanol–water partition coefficient (Wildman–Crippen LogP) is 2.09. The van der Waals surface area contributed by atoms with Crippen LogP contribution < -0.4 is 5.73 Å². The van der Waals surface area contributed by atoms with Crippen molar-refractivity contribution < 1.29 is 0 Å². The number of aromatic nitrogens is 2. The van der Waals surface area contributed by atoms with E-state index in [4.69, 9.17) is 5.73 Å². The van der Waals surface area contributed by atoms with Crippen molar-refractivity contribution in [1.29, 1.82) is 0 Å². The third-order valence-electron chi connectivity index (χ3n) is 2.17. The topological polar surface area (TPSA) is 43.8 Å². The van der Waals surface area contributed by atoms with Gasteiger partial charge in [-0.05, 0) is 13.3 Å². The van der Waals surface area contributed by atoms with E-state index in [2.05, 4.69) is 12.0 Å². The van der Waals surface area contributed by atoms with E-state index in [0.29, 0.717) is 0 Å². The van der Waals surface area contributed by atoms with Gasteiger partial charge in [-0.3, -0.25) is 4.68 Å². The zero-order chi connectivity index (χ0) is 9.68. The Hall–Kier alpha value is -0.830. The van der Waals surface area contributed by atoms with Crippen LogP contribution in [0.15, 0.2) is 12.4 Å². The average molecular weight is 181 g/mol. The highest BCUT2D eigenvalue weighted by Gasteiger charge is 2.01. The van der Waals surface area contributed by atoms with E-state index >= 15 is 0 Å². The van der Waals surface area contributed by atoms with Gasteiger partial charge in [-0.25, -0.2) is 0 Å². The van der Waals surface area contributed by atoms with Crippen molar-refractivity contribution in [2.24, 2.45) is 5.73 Å². The summed E-state index contributed by atoms with van der Waals surface area (Å²) in [7, 11) is 0. The normalized spacial score (nSPS) is 13.2. The van der Waals surface area contributed by atoms with Crippen LogP contribution in [0.1, 0.15) is 44.7 Å². The largest absolute Gasteiger partial charge is 0.324 e. The van der Waals surface area contributed by atoms with Gasteiger partial charge < -0.3 is 5.73 Å². The first-order valence-electron chi connectivity index (χ1n) is 5.02. The van der Waals surface area contributed by atoms with Crippen molar-refractivity contribution in [2.45, 2.75) is 45.7 Å². The lowest BCUT2D eigenvalue weighted by atomic mass is 10.2. The molecule has 2 N–H and O–H groups in total. The second-order valence-corrected chi connectivity index (χ2v) is 3.53. The van der Waals surface area contributed by atoms with Gasteiger partial charge >= 0.3 is 0 Å². The molecule has 1 unspecified atom stereocenters. The van der Waals surface area contributed by atoms with Gasteiger partial charge in [0.25, 0.3) is 0 Å². The molecule has 1 aromatic heterocycles. The minimum absolute atomic E-state index is 0.0972. The first kappa shape index (κ1) is 10.3. The van der Waals surface area contributed by atoms with E-state index < -0.39 is 0 Å². The van der Waals surface area contributed by atoms with Crippen molar-refractivity contribution in [3.8, 4) is 0 Å². The molecule has 1 heterocycles. The van der Waals surface area contributed by atoms with Gasteiger partial charge in [-0.1, -0.05) is 19.8 Å². The highest BCUT2D eigenvalue weighted by molar-refractivity contribution is 5.07. The SMILES string of the molecule is CCCCCn1cc(C(C)N)cn1. The molecule has 3 heteroatoms. The van der Waals surface area contributed by atoms with E-state index in [0.717, 1.165) is 12.1 Å². The molecule has 0 aliphatic carbocycles. The van der Waals surface area contributed by atoms with Crippen LogP contribution in [0.3, 0.4) is 0 Å². The number of nitrogens with two attached hydrogens (primary N) is 1. The van der Waals surface area contributed by atoms with Gasteiger partial charge in [0, 0.05) is 24.3 Å². The Balaban J connectivity index is 2.40. The summed E-state index contributed by atoms with van der Waals surface area (Å²) in [6.07, 6.45) is 7.63. The van der Waals surface area contributed by atoms with Crippen molar-refractivity contribution in [2.75, 3.05) is 0 Å². The Morgan fingerprint density at radius 2 is 2.31 bits per heavy atom. The summed E-state index contributed by atoms with van der Waals surface area (Å²) in [4.78, 5) is 0. The fourth-order valence-electron chi connectivity index (χ4n) is 1.26. The van der Waals surface area contributed by atoms with Crippen molar-refractivity contribution in [3.63, 3.8) is 0 Å². The summed E-state index contributed by atoms with van der Waals surface area (Å²) >= 11 is 0. The lowest BCUT2D eigenvalue weighted by molar-refractivity contribution is 0.552. The zero-order valence-corrected chi connectivity index (χ0v) is 8.53. The van der Waals surface area contributed by atoms with Gasteiger partial charge in [0.05, 0.1) is 6.20 Å². The fourth-order valence-corrected chi connectivity index (χ4v) is 1.26. The van der Waals surface area contributed by atoms with Gasteiger partial charge in [0.1, 0.15) is 0 Å². The van der Waals surface area contributed by atoms with E-state index in [1.807, 2.05) is 24.0 Å². The zero-order valence-electron chi connectivity index (χ0n) is 8.53. The molecule has 1 aromatic rings. The molecule has 0 aliphatic rings. The Kier molecular flexibility index (Phi) is 3.96. The third kappa shape index (κ3) is 3.19. The maximum Gasteiger partial charge on any atom is 0.0537 e. The van der Waals surface area contributed by atoms with E-state index in [1.54, 1.807) is 0 Å². The molecule has 0 saturated carbocycles. The number of hydrogen-bond acceptors (Lipinski definition) is 2. The van der Waals surface area contributed by atoms with Crippen LogP contribution in [-0.4, -0.2) is 9.78 Å². The van der Waals surface area contributed by atoms with Crippen molar-refractivity contribution >= 4 is 0 Å². The van der Waals surface area contributed by atoms with Gasteiger partial charge in [-0.2, -0.15) is 5.10 Å². The Labute approximate surface area is 79.9 Å². The first-order valence-corrected chi connectivity index (χ1v) is 5.02. The van der Waals surface area contributed by atoms with Crippen molar-refractivity contribution in [3.05, 3.63) is 18.0 Å². The molecule has 0 fully saturated rings. The Bertz CT molecular complexity index is 240. The Morgan fingerprint density at radius 3 is 2.85 bits per heavy atom. The Morgan fingerprint density at radius 1 is 1.54 bits per heavy atom. The summed E-state index contributed by atoms with van der Waals surface area (Å²) in [5.74, 6) is 0. The maximum atomic E-state index is 5.73. The molecule has 1 rings (SSSR count). The quantitative estimate of drug-likeness (QED) is 0.707. The average Bonchev–Trinajstić information content (AvgIpc) is 2.53. The van der Waals surface area contributed by atoms with Crippen LogP contribution in [0.25, 0.3) is 0 Å². The van der Waals surface area contributed by atoms with E-state index in [9.17, 15) is 0 Å². The van der Waals surface area contributed by atoms with E-state index in [-0.39, 0.29) is 6.04 Å². The number of rotatable bonds is 5. The molecule has 0 saturated heterocycles. The summed E-state index contributed by atoms with van der Waals surface area (Å²) < 4.78 is 1.98. The minimum atomic E-state index is 0.0972. The summed E-state index contributed by atoms with van der Waals surface area (Å²) in [6.45, 7) is 5.20. The number of hydrogen-bond donors (Lipinski definition) is 1. The molecule has 0 spiro atoms. The molecular formula is C10H19N3. The molecule has 3 nitrogen and oxygen atoms in total. The fraction of sp³-hybridized carbons (Fsp3) is 0.700. The minimum Gasteiger partial charge on any atom is -0.324 e. The van der Waals surface area contributed by atoms with Crippen molar-refractivity contribution in [1.82, 2.24) is 9.78 Å². The summed E-state index contributed by atoms with van der Waals surface area (Å²) in [5, 5.41) is 4.25.